The third-order valence-electron chi connectivity index (χ3n) is 6.44. The summed E-state index contributed by atoms with van der Waals surface area (Å²) in [6, 6.07) is 19.1. The highest BCUT2D eigenvalue weighted by molar-refractivity contribution is 6.07. The van der Waals surface area contributed by atoms with Gasteiger partial charge in [-0.25, -0.2) is 0 Å². The Morgan fingerprint density at radius 2 is 1.70 bits per heavy atom. The molecule has 1 atom stereocenters. The average Bonchev–Trinajstić information content (AvgIpc) is 2.87. The Bertz CT molecular complexity index is 1150. The minimum absolute atomic E-state index is 0.00429. The highest BCUT2D eigenvalue weighted by atomic mass is 16.5. The Balaban J connectivity index is 1.39. The number of fused-ring (bicyclic) bond motifs is 1. The van der Waals surface area contributed by atoms with Crippen molar-refractivity contribution >= 4 is 22.6 Å². The molecule has 6 nitrogen and oxygen atoms in total. The Kier molecular flexibility index (Phi) is 6.82. The van der Waals surface area contributed by atoms with E-state index in [2.05, 4.69) is 5.32 Å². The molecule has 0 spiro atoms. The maximum Gasteiger partial charge on any atom is 0.254 e. The predicted molar refractivity (Wildman–Crippen MR) is 129 cm³/mol. The molecule has 0 saturated carbocycles. The van der Waals surface area contributed by atoms with Crippen LogP contribution < -0.4 is 14.8 Å². The number of carbonyl (C=O) groups is 2. The van der Waals surface area contributed by atoms with Gasteiger partial charge in [-0.1, -0.05) is 36.4 Å². The Morgan fingerprint density at radius 1 is 0.970 bits per heavy atom. The molecular weight excluding hydrogens is 416 g/mol. The van der Waals surface area contributed by atoms with Crippen LogP contribution in [0.4, 0.5) is 0 Å². The number of hydrogen-bond donors (Lipinski definition) is 1. The molecule has 0 aliphatic carbocycles. The van der Waals surface area contributed by atoms with Gasteiger partial charge >= 0.3 is 0 Å². The zero-order valence-corrected chi connectivity index (χ0v) is 19.3. The van der Waals surface area contributed by atoms with E-state index in [4.69, 9.17) is 9.47 Å². The fraction of sp³-hybridized carbons (Fsp3) is 0.333. The Labute approximate surface area is 194 Å². The van der Waals surface area contributed by atoms with E-state index in [0.29, 0.717) is 37.4 Å². The van der Waals surface area contributed by atoms with Gasteiger partial charge in [0, 0.05) is 30.1 Å². The molecule has 1 aliphatic heterocycles. The van der Waals surface area contributed by atoms with Crippen LogP contribution in [0, 0.1) is 5.92 Å². The summed E-state index contributed by atoms with van der Waals surface area (Å²) in [5.74, 6) is 1.33. The van der Waals surface area contributed by atoms with Gasteiger partial charge in [0.2, 0.25) is 5.91 Å². The van der Waals surface area contributed by atoms with Crippen molar-refractivity contribution in [2.45, 2.75) is 25.8 Å². The summed E-state index contributed by atoms with van der Waals surface area (Å²) < 4.78 is 10.8. The highest BCUT2D eigenvalue weighted by Gasteiger charge is 2.29. The van der Waals surface area contributed by atoms with Crippen LogP contribution in [0.3, 0.4) is 0 Å². The first kappa shape index (κ1) is 22.6. The van der Waals surface area contributed by atoms with Gasteiger partial charge < -0.3 is 19.7 Å². The molecule has 1 fully saturated rings. The van der Waals surface area contributed by atoms with Crippen LogP contribution in [-0.2, 0) is 4.79 Å². The standard InChI is InChI=1S/C27H30N2O4/c1-18(24-17-21(32-2)11-12-25(24)33-3)28-26(30)20-13-15-29(16-14-20)27(31)23-10-6-8-19-7-4-5-9-22(19)23/h4-12,17-18,20H,13-16H2,1-3H3,(H,28,30). The first-order valence-corrected chi connectivity index (χ1v) is 11.3. The zero-order chi connectivity index (χ0) is 23.4. The Hall–Kier alpha value is -3.54. The van der Waals surface area contributed by atoms with E-state index in [1.165, 1.54) is 0 Å². The maximum atomic E-state index is 13.2. The summed E-state index contributed by atoms with van der Waals surface area (Å²) in [4.78, 5) is 28.0. The van der Waals surface area contributed by atoms with Gasteiger partial charge in [0.05, 0.1) is 20.3 Å². The van der Waals surface area contributed by atoms with E-state index in [1.54, 1.807) is 14.2 Å². The van der Waals surface area contributed by atoms with E-state index in [1.807, 2.05) is 72.5 Å². The molecule has 0 radical (unpaired) electrons. The summed E-state index contributed by atoms with van der Waals surface area (Å²) in [6.07, 6.45) is 1.29. The topological polar surface area (TPSA) is 67.9 Å². The lowest BCUT2D eigenvalue weighted by molar-refractivity contribution is -0.127. The summed E-state index contributed by atoms with van der Waals surface area (Å²) >= 11 is 0. The van der Waals surface area contributed by atoms with E-state index < -0.39 is 0 Å². The number of amides is 2. The second-order valence-electron chi connectivity index (χ2n) is 8.43. The molecule has 2 amide bonds. The average molecular weight is 447 g/mol. The molecule has 1 unspecified atom stereocenters. The SMILES string of the molecule is COc1ccc(OC)c(C(C)NC(=O)C2CCN(C(=O)c3cccc4ccccc34)CC2)c1. The normalized spacial score (nSPS) is 15.2. The monoisotopic (exact) mass is 446 g/mol. The van der Waals surface area contributed by atoms with E-state index in [0.717, 1.165) is 21.9 Å². The van der Waals surface area contributed by atoms with E-state index in [9.17, 15) is 9.59 Å². The number of hydrogen-bond acceptors (Lipinski definition) is 4. The molecule has 33 heavy (non-hydrogen) atoms. The number of benzene rings is 3. The summed E-state index contributed by atoms with van der Waals surface area (Å²) in [5.41, 5.74) is 1.59. The molecular formula is C27H30N2O4. The highest BCUT2D eigenvalue weighted by Crippen LogP contribution is 2.30. The zero-order valence-electron chi connectivity index (χ0n) is 19.3. The lowest BCUT2D eigenvalue weighted by Crippen LogP contribution is -2.43. The van der Waals surface area contributed by atoms with Gasteiger partial charge in [0.25, 0.3) is 5.91 Å². The van der Waals surface area contributed by atoms with Crippen molar-refractivity contribution in [1.82, 2.24) is 10.2 Å². The molecule has 6 heteroatoms. The van der Waals surface area contributed by atoms with Crippen molar-refractivity contribution in [2.75, 3.05) is 27.3 Å². The van der Waals surface area contributed by atoms with Gasteiger partial charge in [-0.2, -0.15) is 0 Å². The van der Waals surface area contributed by atoms with Gasteiger partial charge in [-0.15, -0.1) is 0 Å². The molecule has 172 valence electrons. The molecule has 4 rings (SSSR count). The van der Waals surface area contributed by atoms with E-state index >= 15 is 0 Å². The van der Waals surface area contributed by atoms with Crippen molar-refractivity contribution in [3.63, 3.8) is 0 Å². The number of piperidine rings is 1. The second kappa shape index (κ2) is 9.94. The van der Waals surface area contributed by atoms with Crippen molar-refractivity contribution in [2.24, 2.45) is 5.92 Å². The second-order valence-corrected chi connectivity index (χ2v) is 8.43. The van der Waals surface area contributed by atoms with Crippen LogP contribution >= 0.6 is 0 Å². The van der Waals surface area contributed by atoms with Crippen LogP contribution in [0.15, 0.2) is 60.7 Å². The maximum absolute atomic E-state index is 13.2. The summed E-state index contributed by atoms with van der Waals surface area (Å²) in [5, 5.41) is 5.13. The molecule has 1 heterocycles. The number of methoxy groups -OCH3 is 2. The predicted octanol–water partition coefficient (Wildman–Crippen LogP) is 4.59. The fourth-order valence-corrected chi connectivity index (χ4v) is 4.51. The van der Waals surface area contributed by atoms with Gasteiger partial charge in [0.15, 0.2) is 0 Å². The number of carbonyl (C=O) groups excluding carboxylic acids is 2. The first-order chi connectivity index (χ1) is 16.0. The van der Waals surface area contributed by atoms with E-state index in [-0.39, 0.29) is 23.8 Å². The van der Waals surface area contributed by atoms with Crippen molar-refractivity contribution in [3.05, 3.63) is 71.8 Å². The number of rotatable bonds is 6. The van der Waals surface area contributed by atoms with Crippen molar-refractivity contribution in [3.8, 4) is 11.5 Å². The lowest BCUT2D eigenvalue weighted by atomic mass is 9.94. The number of likely N-dealkylation sites (tertiary alicyclic amines) is 1. The minimum Gasteiger partial charge on any atom is -0.497 e. The summed E-state index contributed by atoms with van der Waals surface area (Å²) in [7, 11) is 3.23. The van der Waals surface area contributed by atoms with Gasteiger partial charge in [-0.3, -0.25) is 9.59 Å². The lowest BCUT2D eigenvalue weighted by Gasteiger charge is -2.32. The third kappa shape index (κ3) is 4.80. The van der Waals surface area contributed by atoms with Crippen molar-refractivity contribution < 1.29 is 19.1 Å². The Morgan fingerprint density at radius 3 is 2.42 bits per heavy atom. The molecule has 3 aromatic rings. The van der Waals surface area contributed by atoms with Crippen LogP contribution in [-0.4, -0.2) is 44.0 Å². The molecule has 1 saturated heterocycles. The number of ether oxygens (including phenoxy) is 2. The third-order valence-corrected chi connectivity index (χ3v) is 6.44. The fourth-order valence-electron chi connectivity index (χ4n) is 4.51. The van der Waals surface area contributed by atoms with Crippen LogP contribution in [0.5, 0.6) is 11.5 Å². The van der Waals surface area contributed by atoms with Crippen LogP contribution in [0.25, 0.3) is 10.8 Å². The van der Waals surface area contributed by atoms with Crippen LogP contribution in [0.1, 0.15) is 41.7 Å². The van der Waals surface area contributed by atoms with Crippen molar-refractivity contribution in [1.29, 1.82) is 0 Å². The molecule has 0 aromatic heterocycles. The molecule has 1 N–H and O–H groups in total. The minimum atomic E-state index is -0.224. The van der Waals surface area contributed by atoms with Gasteiger partial charge in [-0.05, 0) is 54.8 Å². The van der Waals surface area contributed by atoms with Crippen LogP contribution in [0.2, 0.25) is 0 Å². The molecule has 0 bridgehead atoms. The largest absolute Gasteiger partial charge is 0.497 e. The smallest absolute Gasteiger partial charge is 0.254 e. The number of nitrogens with one attached hydrogen (secondary N) is 1. The van der Waals surface area contributed by atoms with Gasteiger partial charge in [0.1, 0.15) is 11.5 Å². The molecule has 3 aromatic carbocycles. The quantitative estimate of drug-likeness (QED) is 0.602. The first-order valence-electron chi connectivity index (χ1n) is 11.3. The number of nitrogens with zero attached hydrogens (tertiary/aromatic N) is 1. The molecule has 1 aliphatic rings. The summed E-state index contributed by atoms with van der Waals surface area (Å²) in [6.45, 7) is 3.07.